The summed E-state index contributed by atoms with van der Waals surface area (Å²) in [5, 5.41) is 6.21. The molecular weight excluding hydrogens is 521 g/mol. The number of halogens is 3. The number of ether oxygens (including phenoxy) is 1. The number of hydrogen-bond acceptors (Lipinski definition) is 6. The van der Waals surface area contributed by atoms with Gasteiger partial charge in [0.25, 0.3) is 5.91 Å². The topological polar surface area (TPSA) is 85.6 Å². The molecule has 0 saturated heterocycles. The number of esters is 1. The predicted octanol–water partition coefficient (Wildman–Crippen LogP) is 7.30. The fraction of sp³-hybridized carbons (Fsp3) is 0.125. The highest BCUT2D eigenvalue weighted by atomic mass is 35.5. The first-order valence-electron chi connectivity index (χ1n) is 10.1. The van der Waals surface area contributed by atoms with Crippen molar-refractivity contribution < 1.29 is 18.7 Å². The quantitative estimate of drug-likeness (QED) is 0.206. The maximum atomic E-state index is 13.0. The van der Waals surface area contributed by atoms with Gasteiger partial charge in [0.1, 0.15) is 21.7 Å². The summed E-state index contributed by atoms with van der Waals surface area (Å²) in [6.45, 7) is 2.07. The molecule has 2 aromatic carbocycles. The van der Waals surface area contributed by atoms with Gasteiger partial charge in [-0.3, -0.25) is 4.79 Å². The Bertz CT molecular complexity index is 1480. The lowest BCUT2D eigenvalue weighted by Crippen LogP contribution is -2.21. The molecule has 10 heteroatoms. The fourth-order valence-corrected chi connectivity index (χ4v) is 4.88. The SMILES string of the molecule is CCCOC(=O)c1c(-c2ccc(Cl)cc2Cl)csc1NC(=O)c1cc2cc(Cl)ccc2oc1=O. The van der Waals surface area contributed by atoms with Crippen molar-refractivity contribution in [2.45, 2.75) is 13.3 Å². The largest absolute Gasteiger partial charge is 0.462 e. The van der Waals surface area contributed by atoms with E-state index in [1.807, 2.05) is 6.92 Å². The Morgan fingerprint density at radius 1 is 1.03 bits per heavy atom. The van der Waals surface area contributed by atoms with Crippen LogP contribution in [0.5, 0.6) is 0 Å². The van der Waals surface area contributed by atoms with Crippen LogP contribution in [0.2, 0.25) is 15.1 Å². The molecule has 0 atom stereocenters. The van der Waals surface area contributed by atoms with Gasteiger partial charge in [-0.2, -0.15) is 0 Å². The number of nitrogens with one attached hydrogen (secondary N) is 1. The summed E-state index contributed by atoms with van der Waals surface area (Å²) in [4.78, 5) is 38.4. The van der Waals surface area contributed by atoms with E-state index in [-0.39, 0.29) is 22.7 Å². The molecule has 1 N–H and O–H groups in total. The lowest BCUT2D eigenvalue weighted by Gasteiger charge is -2.10. The van der Waals surface area contributed by atoms with Crippen LogP contribution >= 0.6 is 46.1 Å². The molecule has 4 rings (SSSR count). The molecule has 0 aliphatic heterocycles. The molecule has 174 valence electrons. The summed E-state index contributed by atoms with van der Waals surface area (Å²) < 4.78 is 10.6. The van der Waals surface area contributed by atoms with E-state index in [4.69, 9.17) is 44.0 Å². The Morgan fingerprint density at radius 3 is 2.50 bits per heavy atom. The zero-order valence-electron chi connectivity index (χ0n) is 17.6. The van der Waals surface area contributed by atoms with Gasteiger partial charge in [-0.25, -0.2) is 9.59 Å². The highest BCUT2D eigenvalue weighted by Gasteiger charge is 2.25. The molecule has 0 aliphatic carbocycles. The summed E-state index contributed by atoms with van der Waals surface area (Å²) in [5.74, 6) is -1.37. The van der Waals surface area contributed by atoms with Crippen LogP contribution in [0.4, 0.5) is 5.00 Å². The summed E-state index contributed by atoms with van der Waals surface area (Å²) >= 11 is 19.5. The van der Waals surface area contributed by atoms with Crippen LogP contribution in [0, 0.1) is 0 Å². The summed E-state index contributed by atoms with van der Waals surface area (Å²) in [6, 6.07) is 11.0. The zero-order chi connectivity index (χ0) is 24.4. The molecular formula is C24H16Cl3NO5S. The van der Waals surface area contributed by atoms with Crippen molar-refractivity contribution in [2.24, 2.45) is 0 Å². The second-order valence-electron chi connectivity index (χ2n) is 7.20. The van der Waals surface area contributed by atoms with Gasteiger partial charge in [0.15, 0.2) is 0 Å². The van der Waals surface area contributed by atoms with E-state index in [9.17, 15) is 14.4 Å². The Kier molecular flexibility index (Phi) is 7.28. The molecule has 34 heavy (non-hydrogen) atoms. The summed E-state index contributed by atoms with van der Waals surface area (Å²) in [7, 11) is 0. The minimum absolute atomic E-state index is 0.129. The molecule has 6 nitrogen and oxygen atoms in total. The fourth-order valence-electron chi connectivity index (χ4n) is 3.25. The first kappa shape index (κ1) is 24.3. The van der Waals surface area contributed by atoms with Gasteiger partial charge in [0.2, 0.25) is 0 Å². The molecule has 0 unspecified atom stereocenters. The first-order chi connectivity index (χ1) is 16.3. The van der Waals surface area contributed by atoms with Gasteiger partial charge in [0.05, 0.1) is 6.61 Å². The molecule has 2 heterocycles. The number of carbonyl (C=O) groups excluding carboxylic acids is 2. The van der Waals surface area contributed by atoms with E-state index in [0.717, 1.165) is 11.3 Å². The molecule has 0 radical (unpaired) electrons. The monoisotopic (exact) mass is 535 g/mol. The highest BCUT2D eigenvalue weighted by molar-refractivity contribution is 7.15. The molecule has 0 spiro atoms. The second kappa shape index (κ2) is 10.2. The van der Waals surface area contributed by atoms with Gasteiger partial charge in [-0.1, -0.05) is 47.8 Å². The Hall–Kier alpha value is -2.84. The molecule has 0 saturated carbocycles. The van der Waals surface area contributed by atoms with Gasteiger partial charge in [-0.15, -0.1) is 11.3 Å². The van der Waals surface area contributed by atoms with Crippen LogP contribution in [0.25, 0.3) is 22.1 Å². The van der Waals surface area contributed by atoms with E-state index >= 15 is 0 Å². The molecule has 0 bridgehead atoms. The Labute approximate surface area is 213 Å². The van der Waals surface area contributed by atoms with Crippen molar-refractivity contribution in [1.29, 1.82) is 0 Å². The lowest BCUT2D eigenvalue weighted by molar-refractivity contribution is 0.0508. The molecule has 4 aromatic rings. The van der Waals surface area contributed by atoms with E-state index in [2.05, 4.69) is 5.32 Å². The van der Waals surface area contributed by atoms with Crippen LogP contribution in [-0.4, -0.2) is 18.5 Å². The smallest absolute Gasteiger partial charge is 0.349 e. The molecule has 0 aliphatic rings. The van der Waals surface area contributed by atoms with E-state index in [1.165, 1.54) is 6.07 Å². The molecule has 2 aromatic heterocycles. The average Bonchev–Trinajstić information content (AvgIpc) is 3.20. The number of thiophene rings is 1. The van der Waals surface area contributed by atoms with Crippen LogP contribution in [0.3, 0.4) is 0 Å². The average molecular weight is 537 g/mol. The second-order valence-corrected chi connectivity index (χ2v) is 9.36. The van der Waals surface area contributed by atoms with Crippen LogP contribution in [0.1, 0.15) is 34.1 Å². The summed E-state index contributed by atoms with van der Waals surface area (Å²) in [5.41, 5.74) is 0.392. The minimum Gasteiger partial charge on any atom is -0.462 e. The van der Waals surface area contributed by atoms with Crippen LogP contribution in [0.15, 0.2) is 57.1 Å². The van der Waals surface area contributed by atoms with Crippen molar-refractivity contribution in [3.05, 3.63) is 84.5 Å². The first-order valence-corrected chi connectivity index (χ1v) is 12.1. The summed E-state index contributed by atoms with van der Waals surface area (Å²) in [6.07, 6.45) is 0.620. The Morgan fingerprint density at radius 2 is 1.76 bits per heavy atom. The van der Waals surface area contributed by atoms with Crippen molar-refractivity contribution in [3.63, 3.8) is 0 Å². The van der Waals surface area contributed by atoms with Crippen LogP contribution < -0.4 is 10.9 Å². The number of anilines is 1. The van der Waals surface area contributed by atoms with Crippen molar-refractivity contribution in [1.82, 2.24) is 0 Å². The minimum atomic E-state index is -0.819. The third-order valence-corrected chi connectivity index (χ3v) is 6.50. The van der Waals surface area contributed by atoms with E-state index in [1.54, 1.807) is 41.8 Å². The molecule has 0 fully saturated rings. The zero-order valence-corrected chi connectivity index (χ0v) is 20.7. The van der Waals surface area contributed by atoms with Gasteiger partial charge in [0, 0.05) is 37.0 Å². The number of hydrogen-bond donors (Lipinski definition) is 1. The predicted molar refractivity (Wildman–Crippen MR) is 136 cm³/mol. The normalized spacial score (nSPS) is 10.9. The van der Waals surface area contributed by atoms with Crippen LogP contribution in [-0.2, 0) is 4.74 Å². The maximum absolute atomic E-state index is 13.0. The highest BCUT2D eigenvalue weighted by Crippen LogP contribution is 2.40. The molecule has 1 amide bonds. The number of rotatable bonds is 6. The number of benzene rings is 2. The number of carbonyl (C=O) groups is 2. The Balaban J connectivity index is 1.75. The van der Waals surface area contributed by atoms with E-state index < -0.39 is 17.5 Å². The van der Waals surface area contributed by atoms with E-state index in [0.29, 0.717) is 43.6 Å². The number of amides is 1. The van der Waals surface area contributed by atoms with Gasteiger partial charge >= 0.3 is 11.6 Å². The standard InChI is InChI=1S/C24H16Cl3NO5S/c1-2-7-32-24(31)20-17(15-5-3-14(26)10-18(15)27)11-34-22(20)28-21(29)16-9-12-8-13(25)4-6-19(12)33-23(16)30/h3-6,8-11H,2,7H2,1H3,(H,28,29). The van der Waals surface area contributed by atoms with Crippen molar-refractivity contribution in [3.8, 4) is 11.1 Å². The van der Waals surface area contributed by atoms with Gasteiger partial charge in [-0.05, 0) is 42.8 Å². The van der Waals surface area contributed by atoms with Gasteiger partial charge < -0.3 is 14.5 Å². The third-order valence-electron chi connectivity index (χ3n) is 4.82. The number of fused-ring (bicyclic) bond motifs is 1. The maximum Gasteiger partial charge on any atom is 0.349 e. The van der Waals surface area contributed by atoms with Crippen molar-refractivity contribution >= 4 is 74.0 Å². The third kappa shape index (κ3) is 4.98. The lowest BCUT2D eigenvalue weighted by atomic mass is 10.0. The van der Waals surface area contributed by atoms with Crippen molar-refractivity contribution in [2.75, 3.05) is 11.9 Å².